The summed E-state index contributed by atoms with van der Waals surface area (Å²) in [6, 6.07) is 13.0. The highest BCUT2D eigenvalue weighted by molar-refractivity contribution is 6.76. The normalized spacial score (nSPS) is 23.0. The minimum atomic E-state index is -0.324. The minimum Gasteiger partial charge on any atom is -0.405 e. The zero-order chi connectivity index (χ0) is 21.6. The minimum absolute atomic E-state index is 0.0430. The third-order valence-corrected chi connectivity index (χ3v) is 7.75. The van der Waals surface area contributed by atoms with E-state index in [4.69, 9.17) is 9.31 Å². The number of benzene rings is 2. The summed E-state index contributed by atoms with van der Waals surface area (Å²) >= 11 is 0. The Bertz CT molecular complexity index is 941. The van der Waals surface area contributed by atoms with E-state index in [1.165, 1.54) is 59.7 Å². The molecule has 0 unspecified atom stereocenters. The fourth-order valence-corrected chi connectivity index (χ4v) is 5.25. The van der Waals surface area contributed by atoms with Gasteiger partial charge in [0.05, 0.1) is 11.2 Å². The first kappa shape index (κ1) is 21.0. The zero-order valence-corrected chi connectivity index (χ0v) is 19.3. The summed E-state index contributed by atoms with van der Waals surface area (Å²) in [5, 5.41) is 10.1. The Morgan fingerprint density at radius 1 is 0.935 bits per heavy atom. The van der Waals surface area contributed by atoms with Crippen LogP contribution in [0.5, 0.6) is 0 Å². The predicted octanol–water partition coefficient (Wildman–Crippen LogP) is 6.23. The molecule has 2 aromatic carbocycles. The molecular formula is C25H34B2N2O2. The summed E-state index contributed by atoms with van der Waals surface area (Å²) in [6.45, 7) is 8.53. The van der Waals surface area contributed by atoms with E-state index in [1.54, 1.807) is 0 Å². The SMILES string of the molecule is CC1(C)OB(/C=C(/CC2CCCCC2)B2Nc3cccc4cccc(c34)N2)OC1(C)C. The highest BCUT2D eigenvalue weighted by atomic mass is 16.7. The third kappa shape index (κ3) is 4.01. The van der Waals surface area contributed by atoms with E-state index in [0.29, 0.717) is 0 Å². The molecule has 5 rings (SSSR count). The van der Waals surface area contributed by atoms with E-state index in [-0.39, 0.29) is 25.3 Å². The highest BCUT2D eigenvalue weighted by Gasteiger charge is 2.50. The van der Waals surface area contributed by atoms with Crippen LogP contribution in [-0.4, -0.2) is 25.3 Å². The van der Waals surface area contributed by atoms with Crippen molar-refractivity contribution < 1.29 is 9.31 Å². The van der Waals surface area contributed by atoms with E-state index in [1.807, 2.05) is 0 Å². The van der Waals surface area contributed by atoms with Crippen LogP contribution in [0.15, 0.2) is 47.8 Å². The van der Waals surface area contributed by atoms with E-state index >= 15 is 0 Å². The molecule has 2 N–H and O–H groups in total. The van der Waals surface area contributed by atoms with Crippen molar-refractivity contribution in [3.05, 3.63) is 47.8 Å². The van der Waals surface area contributed by atoms with Crippen molar-refractivity contribution in [2.45, 2.75) is 77.4 Å². The molecule has 2 aliphatic heterocycles. The summed E-state index contributed by atoms with van der Waals surface area (Å²) in [5.41, 5.74) is 3.09. The highest BCUT2D eigenvalue weighted by Crippen LogP contribution is 2.40. The van der Waals surface area contributed by atoms with Gasteiger partial charge in [0, 0.05) is 16.8 Å². The third-order valence-electron chi connectivity index (χ3n) is 7.75. The fraction of sp³-hybridized carbons (Fsp3) is 0.520. The molecule has 2 fully saturated rings. The Morgan fingerprint density at radius 3 is 2.10 bits per heavy atom. The largest absolute Gasteiger partial charge is 0.486 e. The van der Waals surface area contributed by atoms with Crippen LogP contribution >= 0.6 is 0 Å². The van der Waals surface area contributed by atoms with Crippen molar-refractivity contribution in [2.24, 2.45) is 5.92 Å². The molecule has 0 bridgehead atoms. The Morgan fingerprint density at radius 2 is 1.52 bits per heavy atom. The zero-order valence-electron chi connectivity index (χ0n) is 19.3. The average Bonchev–Trinajstić information content (AvgIpc) is 2.94. The van der Waals surface area contributed by atoms with Crippen LogP contribution in [0.2, 0.25) is 0 Å². The summed E-state index contributed by atoms with van der Waals surface area (Å²) in [6.07, 6.45) is 7.79. The van der Waals surface area contributed by atoms with E-state index in [2.05, 4.69) is 80.5 Å². The van der Waals surface area contributed by atoms with Crippen LogP contribution in [-0.2, 0) is 9.31 Å². The van der Waals surface area contributed by atoms with Crippen LogP contribution in [0.3, 0.4) is 0 Å². The van der Waals surface area contributed by atoms with Crippen LogP contribution in [0, 0.1) is 5.92 Å². The van der Waals surface area contributed by atoms with Gasteiger partial charge < -0.3 is 19.8 Å². The van der Waals surface area contributed by atoms with Crippen molar-refractivity contribution in [3.8, 4) is 0 Å². The van der Waals surface area contributed by atoms with E-state index < -0.39 is 0 Å². The first-order chi connectivity index (χ1) is 14.8. The molecule has 0 amide bonds. The van der Waals surface area contributed by atoms with Gasteiger partial charge in [-0.15, -0.1) is 0 Å². The van der Waals surface area contributed by atoms with Crippen LogP contribution in [0.25, 0.3) is 10.8 Å². The molecule has 31 heavy (non-hydrogen) atoms. The van der Waals surface area contributed by atoms with Gasteiger partial charge in [-0.3, -0.25) is 0 Å². The van der Waals surface area contributed by atoms with Crippen molar-refractivity contribution in [1.29, 1.82) is 0 Å². The lowest BCUT2D eigenvalue weighted by Crippen LogP contribution is -2.41. The molecule has 2 heterocycles. The van der Waals surface area contributed by atoms with Gasteiger partial charge in [-0.1, -0.05) is 67.8 Å². The van der Waals surface area contributed by atoms with Gasteiger partial charge in [-0.25, -0.2) is 0 Å². The molecule has 0 radical (unpaired) electrons. The smallest absolute Gasteiger partial charge is 0.405 e. The lowest BCUT2D eigenvalue weighted by atomic mass is 9.58. The van der Waals surface area contributed by atoms with Gasteiger partial charge in [0.25, 0.3) is 0 Å². The number of hydrogen-bond acceptors (Lipinski definition) is 4. The topological polar surface area (TPSA) is 42.5 Å². The lowest BCUT2D eigenvalue weighted by molar-refractivity contribution is 0.00578. The number of hydrogen-bond donors (Lipinski definition) is 2. The first-order valence-electron chi connectivity index (χ1n) is 11.9. The molecule has 6 heteroatoms. The van der Waals surface area contributed by atoms with Gasteiger partial charge in [-0.05, 0) is 57.6 Å². The second-order valence-electron chi connectivity index (χ2n) is 10.5. The van der Waals surface area contributed by atoms with Gasteiger partial charge in [0.1, 0.15) is 0 Å². The standard InChI is InChI=1S/C25H34B2N2O2/c1-24(2)25(3,4)31-26(30-24)17-20(16-18-10-6-5-7-11-18)27-28-21-14-8-12-19-13-9-15-22(29-27)23(19)21/h8-9,12-15,17-18,28-29H,5-7,10-11,16H2,1-4H3/b20-17-. The van der Waals surface area contributed by atoms with Crippen molar-refractivity contribution in [1.82, 2.24) is 0 Å². The Kier molecular flexibility index (Phi) is 5.34. The Labute approximate surface area is 187 Å². The number of nitrogens with one attached hydrogen (secondary N) is 2. The van der Waals surface area contributed by atoms with Gasteiger partial charge in [-0.2, -0.15) is 0 Å². The van der Waals surface area contributed by atoms with Crippen LogP contribution in [0.4, 0.5) is 11.4 Å². The van der Waals surface area contributed by atoms with Crippen LogP contribution in [0.1, 0.15) is 66.2 Å². The second kappa shape index (κ2) is 7.90. The number of allylic oxidation sites excluding steroid dienone is 1. The molecule has 1 aliphatic carbocycles. The molecule has 162 valence electrons. The molecule has 0 aromatic heterocycles. The number of rotatable bonds is 4. The molecule has 0 spiro atoms. The fourth-order valence-electron chi connectivity index (χ4n) is 5.25. The molecular weight excluding hydrogens is 382 g/mol. The number of anilines is 2. The maximum absolute atomic E-state index is 6.35. The van der Waals surface area contributed by atoms with Gasteiger partial charge in [0.2, 0.25) is 0 Å². The maximum atomic E-state index is 6.35. The quantitative estimate of drug-likeness (QED) is 0.580. The Balaban J connectivity index is 1.46. The van der Waals surface area contributed by atoms with Crippen molar-refractivity contribution >= 4 is 36.2 Å². The second-order valence-corrected chi connectivity index (χ2v) is 10.5. The molecule has 2 aromatic rings. The maximum Gasteiger partial charge on any atom is 0.486 e. The molecule has 4 nitrogen and oxygen atoms in total. The van der Waals surface area contributed by atoms with Crippen LogP contribution < -0.4 is 10.5 Å². The summed E-state index contributed by atoms with van der Waals surface area (Å²) in [4.78, 5) is 0. The average molecular weight is 416 g/mol. The lowest BCUT2D eigenvalue weighted by Gasteiger charge is -2.32. The summed E-state index contributed by atoms with van der Waals surface area (Å²) in [5.74, 6) is 2.98. The van der Waals surface area contributed by atoms with E-state index in [9.17, 15) is 0 Å². The first-order valence-corrected chi connectivity index (χ1v) is 11.9. The van der Waals surface area contributed by atoms with Gasteiger partial charge >= 0.3 is 14.1 Å². The van der Waals surface area contributed by atoms with E-state index in [0.717, 1.165) is 12.3 Å². The molecule has 3 aliphatic rings. The Hall–Kier alpha value is -1.91. The molecule has 1 saturated carbocycles. The predicted molar refractivity (Wildman–Crippen MR) is 132 cm³/mol. The van der Waals surface area contributed by atoms with Gasteiger partial charge in [0.15, 0.2) is 0 Å². The summed E-state index contributed by atoms with van der Waals surface area (Å²) in [7, 11) is -0.319. The van der Waals surface area contributed by atoms with Crippen molar-refractivity contribution in [2.75, 3.05) is 10.5 Å². The molecule has 0 atom stereocenters. The van der Waals surface area contributed by atoms with Crippen molar-refractivity contribution in [3.63, 3.8) is 0 Å². The summed E-state index contributed by atoms with van der Waals surface area (Å²) < 4.78 is 12.7. The molecule has 1 saturated heterocycles. The monoisotopic (exact) mass is 416 g/mol.